The predicted molar refractivity (Wildman–Crippen MR) is 85.7 cm³/mol. The molecule has 1 N–H and O–H groups in total. The zero-order valence-corrected chi connectivity index (χ0v) is 11.5. The van der Waals surface area contributed by atoms with Crippen molar-refractivity contribution < 1.29 is 4.79 Å². The molecular formula is C18H17NO. The standard InChI is InChI=1S/C18H17NO/c1-4-8-15(13(2)3)18(20)19-17-12-7-10-14-9-5-6-11-16(14)17/h4-12H,1-2H2,3H3,(H,19,20)/b15-8+. The van der Waals surface area contributed by atoms with Crippen molar-refractivity contribution >= 4 is 22.4 Å². The molecule has 2 aromatic carbocycles. The summed E-state index contributed by atoms with van der Waals surface area (Å²) in [5.41, 5.74) is 2.04. The first-order valence-corrected chi connectivity index (χ1v) is 6.41. The molecule has 0 saturated carbocycles. The van der Waals surface area contributed by atoms with E-state index in [2.05, 4.69) is 18.5 Å². The summed E-state index contributed by atoms with van der Waals surface area (Å²) in [4.78, 5) is 12.3. The number of hydrogen-bond acceptors (Lipinski definition) is 1. The van der Waals surface area contributed by atoms with Crippen LogP contribution in [0.4, 0.5) is 5.69 Å². The zero-order valence-electron chi connectivity index (χ0n) is 11.5. The van der Waals surface area contributed by atoms with E-state index in [0.29, 0.717) is 11.1 Å². The Kier molecular flexibility index (Phi) is 4.16. The van der Waals surface area contributed by atoms with Crippen LogP contribution in [0.5, 0.6) is 0 Å². The smallest absolute Gasteiger partial charge is 0.255 e. The first kappa shape index (κ1) is 13.8. The minimum absolute atomic E-state index is 0.172. The van der Waals surface area contributed by atoms with Gasteiger partial charge in [0.15, 0.2) is 0 Å². The predicted octanol–water partition coefficient (Wildman–Crippen LogP) is 4.47. The van der Waals surface area contributed by atoms with Gasteiger partial charge in [-0.2, -0.15) is 0 Å². The van der Waals surface area contributed by atoms with Crippen LogP contribution in [0.2, 0.25) is 0 Å². The largest absolute Gasteiger partial charge is 0.321 e. The molecule has 0 radical (unpaired) electrons. The molecule has 0 spiro atoms. The number of carbonyl (C=O) groups excluding carboxylic acids is 1. The molecule has 0 aromatic heterocycles. The van der Waals surface area contributed by atoms with Crippen LogP contribution < -0.4 is 5.32 Å². The highest BCUT2D eigenvalue weighted by Crippen LogP contribution is 2.24. The molecule has 2 nitrogen and oxygen atoms in total. The van der Waals surface area contributed by atoms with Gasteiger partial charge in [0.2, 0.25) is 0 Å². The Balaban J connectivity index is 2.37. The molecule has 20 heavy (non-hydrogen) atoms. The van der Waals surface area contributed by atoms with Crippen LogP contribution in [0.15, 0.2) is 78.9 Å². The summed E-state index contributed by atoms with van der Waals surface area (Å²) in [5, 5.41) is 5.04. The molecule has 0 atom stereocenters. The van der Waals surface area contributed by atoms with E-state index in [4.69, 9.17) is 0 Å². The van der Waals surface area contributed by atoms with Crippen molar-refractivity contribution in [2.24, 2.45) is 0 Å². The summed E-state index contributed by atoms with van der Waals surface area (Å²) in [6, 6.07) is 13.8. The monoisotopic (exact) mass is 263 g/mol. The lowest BCUT2D eigenvalue weighted by Gasteiger charge is -2.10. The van der Waals surface area contributed by atoms with Crippen LogP contribution in [0, 0.1) is 0 Å². The van der Waals surface area contributed by atoms with E-state index in [-0.39, 0.29) is 5.91 Å². The highest BCUT2D eigenvalue weighted by atomic mass is 16.1. The minimum Gasteiger partial charge on any atom is -0.321 e. The van der Waals surface area contributed by atoms with Gasteiger partial charge in [-0.05, 0) is 30.0 Å². The number of amides is 1. The van der Waals surface area contributed by atoms with E-state index in [9.17, 15) is 4.79 Å². The van der Waals surface area contributed by atoms with Gasteiger partial charge in [0.1, 0.15) is 0 Å². The van der Waals surface area contributed by atoms with Crippen LogP contribution in [0.3, 0.4) is 0 Å². The van der Waals surface area contributed by atoms with Crippen molar-refractivity contribution in [2.45, 2.75) is 6.92 Å². The molecule has 0 heterocycles. The molecule has 2 rings (SSSR count). The molecule has 0 fully saturated rings. The second-order valence-electron chi connectivity index (χ2n) is 4.58. The summed E-state index contributed by atoms with van der Waals surface area (Å²) in [6.45, 7) is 9.25. The Labute approximate surface area is 119 Å². The molecule has 0 aliphatic rings. The average molecular weight is 263 g/mol. The molecule has 0 aliphatic heterocycles. The number of nitrogens with one attached hydrogen (secondary N) is 1. The first-order valence-electron chi connectivity index (χ1n) is 6.41. The normalized spacial score (nSPS) is 11.2. The topological polar surface area (TPSA) is 29.1 Å². The number of rotatable bonds is 4. The van der Waals surface area contributed by atoms with Crippen LogP contribution in [-0.4, -0.2) is 5.91 Å². The maximum atomic E-state index is 12.3. The maximum absolute atomic E-state index is 12.3. The van der Waals surface area contributed by atoms with Crippen LogP contribution in [0.1, 0.15) is 6.92 Å². The van der Waals surface area contributed by atoms with Crippen molar-refractivity contribution in [1.82, 2.24) is 0 Å². The van der Waals surface area contributed by atoms with Gasteiger partial charge in [-0.25, -0.2) is 0 Å². The zero-order chi connectivity index (χ0) is 14.5. The van der Waals surface area contributed by atoms with Crippen LogP contribution in [0.25, 0.3) is 10.8 Å². The van der Waals surface area contributed by atoms with Crippen molar-refractivity contribution in [3.8, 4) is 0 Å². The van der Waals surface area contributed by atoms with E-state index in [1.165, 1.54) is 0 Å². The quantitative estimate of drug-likeness (QED) is 0.640. The van der Waals surface area contributed by atoms with Crippen molar-refractivity contribution in [1.29, 1.82) is 0 Å². The summed E-state index contributed by atoms with van der Waals surface area (Å²) in [6.07, 6.45) is 3.26. The van der Waals surface area contributed by atoms with Gasteiger partial charge in [0.05, 0.1) is 0 Å². The van der Waals surface area contributed by atoms with Crippen LogP contribution in [-0.2, 0) is 4.79 Å². The Morgan fingerprint density at radius 2 is 1.85 bits per heavy atom. The van der Waals surface area contributed by atoms with Crippen molar-refractivity contribution in [3.63, 3.8) is 0 Å². The van der Waals surface area contributed by atoms with Gasteiger partial charge in [0.25, 0.3) is 5.91 Å². The third-order valence-corrected chi connectivity index (χ3v) is 3.03. The van der Waals surface area contributed by atoms with E-state index in [1.54, 1.807) is 19.1 Å². The molecule has 2 heteroatoms. The summed E-state index contributed by atoms with van der Waals surface area (Å²) >= 11 is 0. The molecule has 1 amide bonds. The molecule has 0 saturated heterocycles. The molecule has 2 aromatic rings. The first-order chi connectivity index (χ1) is 9.63. The molecule has 0 bridgehead atoms. The van der Waals surface area contributed by atoms with Crippen molar-refractivity contribution in [2.75, 3.05) is 5.32 Å². The van der Waals surface area contributed by atoms with E-state index in [1.807, 2.05) is 42.5 Å². The number of anilines is 1. The van der Waals surface area contributed by atoms with Crippen LogP contribution >= 0.6 is 0 Å². The van der Waals surface area contributed by atoms with Gasteiger partial charge in [-0.3, -0.25) is 4.79 Å². The fourth-order valence-corrected chi connectivity index (χ4v) is 2.05. The third kappa shape index (κ3) is 2.86. The van der Waals surface area contributed by atoms with Gasteiger partial charge in [-0.1, -0.05) is 55.6 Å². The summed E-state index contributed by atoms with van der Waals surface area (Å²) < 4.78 is 0. The second kappa shape index (κ2) is 6.02. The summed E-state index contributed by atoms with van der Waals surface area (Å²) in [5.74, 6) is -0.172. The molecule has 0 aliphatic carbocycles. The van der Waals surface area contributed by atoms with E-state index < -0.39 is 0 Å². The molecule has 0 unspecified atom stereocenters. The molecule has 100 valence electrons. The lowest BCUT2D eigenvalue weighted by Crippen LogP contribution is -2.15. The van der Waals surface area contributed by atoms with Gasteiger partial charge < -0.3 is 5.32 Å². The highest BCUT2D eigenvalue weighted by molar-refractivity contribution is 6.10. The van der Waals surface area contributed by atoms with E-state index >= 15 is 0 Å². The number of fused-ring (bicyclic) bond motifs is 1. The Bertz CT molecular complexity index is 705. The minimum atomic E-state index is -0.172. The number of carbonyl (C=O) groups is 1. The van der Waals surface area contributed by atoms with E-state index in [0.717, 1.165) is 16.5 Å². The molecular weight excluding hydrogens is 246 g/mol. The SMILES string of the molecule is C=C/C=C(\C(=C)C)C(=O)Nc1cccc2ccccc12. The Hall–Kier alpha value is -2.61. The Morgan fingerprint density at radius 3 is 2.55 bits per heavy atom. The van der Waals surface area contributed by atoms with Crippen molar-refractivity contribution in [3.05, 3.63) is 78.9 Å². The average Bonchev–Trinajstić information content (AvgIpc) is 2.44. The second-order valence-corrected chi connectivity index (χ2v) is 4.58. The van der Waals surface area contributed by atoms with Gasteiger partial charge in [-0.15, -0.1) is 0 Å². The van der Waals surface area contributed by atoms with Gasteiger partial charge in [0, 0.05) is 16.6 Å². The number of benzene rings is 2. The fourth-order valence-electron chi connectivity index (χ4n) is 2.05. The Morgan fingerprint density at radius 1 is 1.15 bits per heavy atom. The lowest BCUT2D eigenvalue weighted by atomic mass is 10.1. The number of hydrogen-bond donors (Lipinski definition) is 1. The highest BCUT2D eigenvalue weighted by Gasteiger charge is 2.11. The number of allylic oxidation sites excluding steroid dienone is 2. The summed E-state index contributed by atoms with van der Waals surface area (Å²) in [7, 11) is 0. The third-order valence-electron chi connectivity index (χ3n) is 3.03. The van der Waals surface area contributed by atoms with Gasteiger partial charge >= 0.3 is 0 Å². The lowest BCUT2D eigenvalue weighted by molar-refractivity contribution is -0.112. The maximum Gasteiger partial charge on any atom is 0.255 e. The fraction of sp³-hybridized carbons (Fsp3) is 0.0556.